The standard InChI is InChI=1S/C15H9F2/c16-14-7-3-6-13(15(14)17)12-9-8-10-4-1-2-5-11(10)12/h1-9H. The van der Waals surface area contributed by atoms with E-state index in [9.17, 15) is 8.78 Å². The van der Waals surface area contributed by atoms with E-state index in [1.54, 1.807) is 6.07 Å². The highest BCUT2D eigenvalue weighted by Crippen LogP contribution is 2.34. The van der Waals surface area contributed by atoms with E-state index in [0.29, 0.717) is 5.56 Å². The van der Waals surface area contributed by atoms with E-state index < -0.39 is 11.6 Å². The molecule has 2 aromatic rings. The van der Waals surface area contributed by atoms with Crippen LogP contribution in [0.15, 0.2) is 48.5 Å². The molecule has 0 N–H and O–H groups in total. The number of halogens is 2. The van der Waals surface area contributed by atoms with Crippen molar-refractivity contribution >= 4 is 5.57 Å². The summed E-state index contributed by atoms with van der Waals surface area (Å²) in [5.74, 6) is -1.60. The molecule has 1 aliphatic rings. The molecule has 1 radical (unpaired) electrons. The van der Waals surface area contributed by atoms with Crippen LogP contribution in [-0.4, -0.2) is 0 Å². The number of hydrogen-bond donors (Lipinski definition) is 0. The van der Waals surface area contributed by atoms with Gasteiger partial charge in [0.05, 0.1) is 0 Å². The predicted molar refractivity (Wildman–Crippen MR) is 63.3 cm³/mol. The zero-order valence-corrected chi connectivity index (χ0v) is 8.95. The summed E-state index contributed by atoms with van der Waals surface area (Å²) in [7, 11) is 0. The second-order valence-electron chi connectivity index (χ2n) is 3.94. The molecule has 0 aliphatic heterocycles. The first kappa shape index (κ1) is 10.2. The maximum absolute atomic E-state index is 13.7. The molecule has 0 spiro atoms. The molecule has 2 aromatic carbocycles. The summed E-state index contributed by atoms with van der Waals surface area (Å²) in [5, 5.41) is 0. The lowest BCUT2D eigenvalue weighted by Crippen LogP contribution is -1.94. The van der Waals surface area contributed by atoms with Crippen molar-refractivity contribution in [2.75, 3.05) is 0 Å². The second kappa shape index (κ2) is 3.81. The topological polar surface area (TPSA) is 0 Å². The molecule has 1 aliphatic carbocycles. The lowest BCUT2D eigenvalue weighted by atomic mass is 9.99. The van der Waals surface area contributed by atoms with Crippen LogP contribution in [0.2, 0.25) is 0 Å². The number of benzene rings is 2. The van der Waals surface area contributed by atoms with Crippen molar-refractivity contribution < 1.29 is 8.78 Å². The first-order chi connectivity index (χ1) is 8.27. The van der Waals surface area contributed by atoms with Gasteiger partial charge in [-0.25, -0.2) is 8.78 Å². The highest BCUT2D eigenvalue weighted by molar-refractivity contribution is 5.87. The summed E-state index contributed by atoms with van der Waals surface area (Å²) >= 11 is 0. The predicted octanol–water partition coefficient (Wildman–Crippen LogP) is 3.96. The smallest absolute Gasteiger partial charge is 0.166 e. The Morgan fingerprint density at radius 2 is 1.53 bits per heavy atom. The van der Waals surface area contributed by atoms with Crippen molar-refractivity contribution in [2.45, 2.75) is 0 Å². The van der Waals surface area contributed by atoms with Crippen molar-refractivity contribution in [1.82, 2.24) is 0 Å². The van der Waals surface area contributed by atoms with E-state index >= 15 is 0 Å². The second-order valence-corrected chi connectivity index (χ2v) is 3.94. The van der Waals surface area contributed by atoms with Gasteiger partial charge in [-0.3, -0.25) is 0 Å². The molecular formula is C15H9F2. The van der Waals surface area contributed by atoms with Crippen LogP contribution in [0, 0.1) is 18.1 Å². The zero-order valence-electron chi connectivity index (χ0n) is 8.95. The first-order valence-electron chi connectivity index (χ1n) is 5.36. The number of fused-ring (bicyclic) bond motifs is 1. The van der Waals surface area contributed by atoms with Gasteiger partial charge in [-0.15, -0.1) is 0 Å². The van der Waals surface area contributed by atoms with E-state index in [4.69, 9.17) is 0 Å². The maximum Gasteiger partial charge on any atom is 0.166 e. The molecule has 83 valence electrons. The lowest BCUT2D eigenvalue weighted by Gasteiger charge is -2.07. The molecule has 0 nitrogen and oxygen atoms in total. The third-order valence-corrected chi connectivity index (χ3v) is 2.92. The highest BCUT2D eigenvalue weighted by Gasteiger charge is 2.19. The molecule has 0 saturated carbocycles. The van der Waals surface area contributed by atoms with Gasteiger partial charge >= 0.3 is 0 Å². The Labute approximate surface area is 98.2 Å². The summed E-state index contributed by atoms with van der Waals surface area (Å²) in [6, 6.07) is 11.9. The molecule has 0 bridgehead atoms. The molecule has 0 fully saturated rings. The molecule has 17 heavy (non-hydrogen) atoms. The van der Waals surface area contributed by atoms with Gasteiger partial charge in [-0.2, -0.15) is 0 Å². The van der Waals surface area contributed by atoms with Gasteiger partial charge in [-0.1, -0.05) is 42.5 Å². The van der Waals surface area contributed by atoms with Crippen LogP contribution in [0.3, 0.4) is 0 Å². The van der Waals surface area contributed by atoms with E-state index in [1.807, 2.05) is 36.8 Å². The number of hydrogen-bond acceptors (Lipinski definition) is 0. The maximum atomic E-state index is 13.7. The SMILES string of the molecule is Fc1cccc(C2=C[CH]c3ccccc32)c1F. The van der Waals surface area contributed by atoms with Gasteiger partial charge in [-0.05, 0) is 22.8 Å². The molecule has 0 unspecified atom stereocenters. The zero-order chi connectivity index (χ0) is 11.8. The largest absolute Gasteiger partial charge is 0.204 e. The number of allylic oxidation sites excluding steroid dienone is 1. The van der Waals surface area contributed by atoms with E-state index in [-0.39, 0.29) is 0 Å². The van der Waals surface area contributed by atoms with Crippen LogP contribution in [0.4, 0.5) is 8.78 Å². The van der Waals surface area contributed by atoms with Gasteiger partial charge in [0.15, 0.2) is 11.6 Å². The van der Waals surface area contributed by atoms with Crippen molar-refractivity contribution in [3.05, 3.63) is 83.3 Å². The molecule has 2 heteroatoms. The molecule has 0 heterocycles. The fourth-order valence-corrected chi connectivity index (χ4v) is 2.10. The van der Waals surface area contributed by atoms with Gasteiger partial charge in [0.25, 0.3) is 0 Å². The average Bonchev–Trinajstić information content (AvgIpc) is 2.77. The highest BCUT2D eigenvalue weighted by atomic mass is 19.2. The summed E-state index contributed by atoms with van der Waals surface area (Å²) in [6.45, 7) is 0. The van der Waals surface area contributed by atoms with Crippen molar-refractivity contribution in [3.63, 3.8) is 0 Å². The van der Waals surface area contributed by atoms with Crippen LogP contribution in [0.1, 0.15) is 16.7 Å². The van der Waals surface area contributed by atoms with Gasteiger partial charge in [0.2, 0.25) is 0 Å². The number of rotatable bonds is 1. The molecule has 0 amide bonds. The van der Waals surface area contributed by atoms with Gasteiger partial charge < -0.3 is 0 Å². The van der Waals surface area contributed by atoms with Crippen LogP contribution in [-0.2, 0) is 0 Å². The third kappa shape index (κ3) is 1.57. The average molecular weight is 227 g/mol. The van der Waals surface area contributed by atoms with Crippen molar-refractivity contribution in [1.29, 1.82) is 0 Å². The third-order valence-electron chi connectivity index (χ3n) is 2.92. The summed E-state index contributed by atoms with van der Waals surface area (Å²) in [4.78, 5) is 0. The lowest BCUT2D eigenvalue weighted by molar-refractivity contribution is 0.506. The quantitative estimate of drug-likeness (QED) is 0.691. The Morgan fingerprint density at radius 3 is 2.41 bits per heavy atom. The minimum Gasteiger partial charge on any atom is -0.204 e. The fraction of sp³-hybridized carbons (Fsp3) is 0. The minimum atomic E-state index is -0.812. The monoisotopic (exact) mass is 227 g/mol. The molecule has 0 atom stereocenters. The summed E-state index contributed by atoms with van der Waals surface area (Å²) in [5.41, 5.74) is 3.02. The van der Waals surface area contributed by atoms with Gasteiger partial charge in [0, 0.05) is 12.0 Å². The Hall–Kier alpha value is -1.96. The molecule has 0 saturated heterocycles. The van der Waals surface area contributed by atoms with Crippen LogP contribution in [0.25, 0.3) is 5.57 Å². The van der Waals surface area contributed by atoms with Crippen LogP contribution >= 0.6 is 0 Å². The van der Waals surface area contributed by atoms with E-state index in [2.05, 4.69) is 0 Å². The van der Waals surface area contributed by atoms with Crippen molar-refractivity contribution in [2.24, 2.45) is 0 Å². The van der Waals surface area contributed by atoms with Gasteiger partial charge in [0.1, 0.15) is 0 Å². The summed E-state index contributed by atoms with van der Waals surface area (Å²) < 4.78 is 26.9. The Morgan fingerprint density at radius 1 is 0.765 bits per heavy atom. The van der Waals surface area contributed by atoms with E-state index in [1.165, 1.54) is 6.07 Å². The molecular weight excluding hydrogens is 218 g/mol. The molecule has 0 aromatic heterocycles. The minimum absolute atomic E-state index is 0.311. The van der Waals surface area contributed by atoms with Crippen LogP contribution in [0.5, 0.6) is 0 Å². The Bertz CT molecular complexity index is 612. The Kier molecular flexibility index (Phi) is 2.29. The van der Waals surface area contributed by atoms with Crippen molar-refractivity contribution in [3.8, 4) is 0 Å². The normalized spacial score (nSPS) is 13.4. The van der Waals surface area contributed by atoms with Crippen LogP contribution < -0.4 is 0 Å². The fourth-order valence-electron chi connectivity index (χ4n) is 2.10. The van der Waals surface area contributed by atoms with E-state index in [0.717, 1.165) is 22.8 Å². The Balaban J connectivity index is 2.16. The molecule has 3 rings (SSSR count). The first-order valence-corrected chi connectivity index (χ1v) is 5.36. The summed E-state index contributed by atoms with van der Waals surface area (Å²) in [6.07, 6.45) is 3.73.